The third-order valence-electron chi connectivity index (χ3n) is 4.16. The fraction of sp³-hybridized carbons (Fsp3) is 0.750. The summed E-state index contributed by atoms with van der Waals surface area (Å²) >= 11 is 1.90. The van der Waals surface area contributed by atoms with Gasteiger partial charge >= 0.3 is 0 Å². The van der Waals surface area contributed by atoms with Gasteiger partial charge in [-0.15, -0.1) is 0 Å². The van der Waals surface area contributed by atoms with Crippen molar-refractivity contribution >= 4 is 24.6 Å². The lowest BCUT2D eigenvalue weighted by molar-refractivity contribution is 0.801. The maximum atomic E-state index is 2.47. The van der Waals surface area contributed by atoms with Crippen LogP contribution in [0.5, 0.6) is 0 Å². The van der Waals surface area contributed by atoms with Crippen molar-refractivity contribution in [3.63, 3.8) is 0 Å². The number of rotatable bonds is 10. The van der Waals surface area contributed by atoms with Gasteiger partial charge in [0.05, 0.1) is 8.07 Å². The first-order valence-corrected chi connectivity index (χ1v) is 11.4. The average Bonchev–Trinajstić information content (AvgIpc) is 2.93. The third kappa shape index (κ3) is 4.54. The van der Waals surface area contributed by atoms with Gasteiger partial charge in [-0.05, 0) is 15.9 Å². The average molecular weight is 283 g/mol. The molecule has 1 aromatic rings. The van der Waals surface area contributed by atoms with Crippen LogP contribution in [0.2, 0.25) is 18.1 Å². The highest BCUT2D eigenvalue weighted by atomic mass is 32.1. The molecule has 2 heteroatoms. The maximum Gasteiger partial charge on any atom is 0.0878 e. The molecule has 0 aromatic carbocycles. The lowest BCUT2D eigenvalue weighted by Gasteiger charge is -2.31. The van der Waals surface area contributed by atoms with E-state index in [1.165, 1.54) is 56.7 Å². The zero-order valence-corrected chi connectivity index (χ0v) is 14.3. The largest absolute Gasteiger partial charge is 0.153 e. The summed E-state index contributed by atoms with van der Waals surface area (Å²) in [6.45, 7) is 7.02. The van der Waals surface area contributed by atoms with Crippen LogP contribution in [0.25, 0.3) is 0 Å². The van der Waals surface area contributed by atoms with E-state index in [1.54, 1.807) is 5.19 Å². The highest BCUT2D eigenvalue weighted by Crippen LogP contribution is 2.28. The number of hydrogen-bond donors (Lipinski definition) is 0. The van der Waals surface area contributed by atoms with Crippen molar-refractivity contribution < 1.29 is 0 Å². The molecule has 1 aromatic heterocycles. The molecular weight excluding hydrogens is 252 g/mol. The van der Waals surface area contributed by atoms with Gasteiger partial charge in [0.25, 0.3) is 0 Å². The summed E-state index contributed by atoms with van der Waals surface area (Å²) in [6.07, 6.45) is 8.39. The Labute approximate surface area is 119 Å². The second kappa shape index (κ2) is 8.92. The molecule has 1 heterocycles. The van der Waals surface area contributed by atoms with Crippen molar-refractivity contribution in [2.45, 2.75) is 77.4 Å². The summed E-state index contributed by atoms with van der Waals surface area (Å²) in [5, 5.41) is 6.52. The summed E-state index contributed by atoms with van der Waals surface area (Å²) in [7, 11) is -1.17. The predicted molar refractivity (Wildman–Crippen MR) is 88.9 cm³/mol. The molecule has 0 aliphatic rings. The van der Waals surface area contributed by atoms with Crippen LogP contribution in [-0.2, 0) is 0 Å². The Morgan fingerprint density at radius 3 is 1.72 bits per heavy atom. The smallest absolute Gasteiger partial charge is 0.0878 e. The second-order valence-electron chi connectivity index (χ2n) is 5.60. The zero-order valence-electron chi connectivity index (χ0n) is 12.5. The Morgan fingerprint density at radius 2 is 1.39 bits per heavy atom. The molecule has 0 spiro atoms. The molecule has 0 bridgehead atoms. The van der Waals surface area contributed by atoms with E-state index in [2.05, 4.69) is 37.6 Å². The lowest BCUT2D eigenvalue weighted by Crippen LogP contribution is -2.46. The fourth-order valence-corrected chi connectivity index (χ4v) is 9.92. The Morgan fingerprint density at radius 1 is 0.889 bits per heavy atom. The van der Waals surface area contributed by atoms with E-state index in [4.69, 9.17) is 0 Å². The van der Waals surface area contributed by atoms with E-state index in [9.17, 15) is 0 Å². The van der Waals surface area contributed by atoms with Gasteiger partial charge in [-0.2, -0.15) is 11.3 Å². The van der Waals surface area contributed by atoms with Gasteiger partial charge in [-0.3, -0.25) is 0 Å². The quantitative estimate of drug-likeness (QED) is 0.475. The summed E-state index contributed by atoms with van der Waals surface area (Å²) in [5.74, 6) is 0. The number of hydrogen-bond acceptors (Lipinski definition) is 1. The Hall–Kier alpha value is -0.0831. The van der Waals surface area contributed by atoms with E-state index >= 15 is 0 Å². The van der Waals surface area contributed by atoms with E-state index in [0.29, 0.717) is 0 Å². The molecule has 0 saturated carbocycles. The van der Waals surface area contributed by atoms with Crippen LogP contribution in [-0.4, -0.2) is 8.07 Å². The third-order valence-corrected chi connectivity index (χ3v) is 10.5. The van der Waals surface area contributed by atoms with E-state index < -0.39 is 8.07 Å². The first kappa shape index (κ1) is 16.0. The molecule has 0 unspecified atom stereocenters. The predicted octanol–water partition coefficient (Wildman–Crippen LogP) is 5.80. The topological polar surface area (TPSA) is 0 Å². The van der Waals surface area contributed by atoms with Crippen molar-refractivity contribution in [3.8, 4) is 0 Å². The molecule has 0 aliphatic heterocycles. The van der Waals surface area contributed by atoms with Gasteiger partial charge in [0, 0.05) is 0 Å². The van der Waals surface area contributed by atoms with Crippen LogP contribution >= 0.6 is 11.3 Å². The van der Waals surface area contributed by atoms with E-state index in [1.807, 2.05) is 11.3 Å². The monoisotopic (exact) mass is 282 g/mol. The Bertz CT molecular complexity index is 270. The Kier molecular flexibility index (Phi) is 7.92. The van der Waals surface area contributed by atoms with Gasteiger partial charge in [-0.25, -0.2) is 0 Å². The van der Waals surface area contributed by atoms with Crippen molar-refractivity contribution in [2.75, 3.05) is 0 Å². The SMILES string of the molecule is CCCC[Si](CCCC)(CCCC)c1ccsc1. The van der Waals surface area contributed by atoms with Gasteiger partial charge in [0.1, 0.15) is 0 Å². The number of unbranched alkanes of at least 4 members (excludes halogenated alkanes) is 3. The molecule has 0 N–H and O–H groups in total. The highest BCUT2D eigenvalue weighted by molar-refractivity contribution is 7.10. The minimum Gasteiger partial charge on any atom is -0.153 e. The second-order valence-corrected chi connectivity index (χ2v) is 11.0. The van der Waals surface area contributed by atoms with Crippen LogP contribution in [0, 0.1) is 0 Å². The molecule has 0 radical (unpaired) electrons. The summed E-state index contributed by atoms with van der Waals surface area (Å²) in [5.41, 5.74) is 0. The Balaban J connectivity index is 2.84. The van der Waals surface area contributed by atoms with Crippen molar-refractivity contribution in [1.29, 1.82) is 0 Å². The first-order chi connectivity index (χ1) is 8.79. The molecule has 0 amide bonds. The molecule has 0 atom stereocenters. The van der Waals surface area contributed by atoms with Crippen molar-refractivity contribution in [2.24, 2.45) is 0 Å². The van der Waals surface area contributed by atoms with Gasteiger partial charge in [0.15, 0.2) is 0 Å². The molecular formula is C16H30SSi. The van der Waals surface area contributed by atoms with E-state index in [0.717, 1.165) is 0 Å². The summed E-state index contributed by atoms with van der Waals surface area (Å²) in [6, 6.07) is 7.03. The minimum absolute atomic E-state index is 1.17. The standard InChI is InChI=1S/C16H30SSi/c1-4-7-12-18(13-8-5-2,14-9-6-3)16-10-11-17-15-16/h10-11,15H,4-9,12-14H2,1-3H3. The normalized spacial score (nSPS) is 11.9. The molecule has 104 valence electrons. The molecule has 0 aliphatic carbocycles. The molecule has 18 heavy (non-hydrogen) atoms. The maximum absolute atomic E-state index is 2.47. The van der Waals surface area contributed by atoms with Crippen molar-refractivity contribution in [1.82, 2.24) is 0 Å². The van der Waals surface area contributed by atoms with Crippen LogP contribution < -0.4 is 5.19 Å². The summed E-state index contributed by atoms with van der Waals surface area (Å²) in [4.78, 5) is 0. The molecule has 1 rings (SSSR count). The zero-order chi connectivity index (χ0) is 13.3. The number of thiophene rings is 1. The molecule has 0 saturated heterocycles. The first-order valence-electron chi connectivity index (χ1n) is 7.81. The van der Waals surface area contributed by atoms with Crippen LogP contribution in [0.3, 0.4) is 0 Å². The van der Waals surface area contributed by atoms with Crippen LogP contribution in [0.4, 0.5) is 0 Å². The van der Waals surface area contributed by atoms with Crippen LogP contribution in [0.1, 0.15) is 59.3 Å². The highest BCUT2D eigenvalue weighted by Gasteiger charge is 2.33. The molecule has 0 fully saturated rings. The van der Waals surface area contributed by atoms with Gasteiger partial charge in [-0.1, -0.05) is 83.5 Å². The summed E-state index contributed by atoms with van der Waals surface area (Å²) < 4.78 is 0. The van der Waals surface area contributed by atoms with E-state index in [-0.39, 0.29) is 0 Å². The van der Waals surface area contributed by atoms with Crippen LogP contribution in [0.15, 0.2) is 16.8 Å². The fourth-order valence-electron chi connectivity index (χ4n) is 2.92. The van der Waals surface area contributed by atoms with Crippen molar-refractivity contribution in [3.05, 3.63) is 16.8 Å². The minimum atomic E-state index is -1.17. The molecule has 0 nitrogen and oxygen atoms in total. The lowest BCUT2D eigenvalue weighted by atomic mass is 10.4. The van der Waals surface area contributed by atoms with Gasteiger partial charge < -0.3 is 0 Å². The van der Waals surface area contributed by atoms with Gasteiger partial charge in [0.2, 0.25) is 0 Å².